The maximum Gasteiger partial charge on any atom is 0.264 e. The van der Waals surface area contributed by atoms with Gasteiger partial charge in [-0.25, -0.2) is 0 Å². The van der Waals surface area contributed by atoms with Crippen molar-refractivity contribution in [3.8, 4) is 6.07 Å². The summed E-state index contributed by atoms with van der Waals surface area (Å²) in [5, 5.41) is 12.5. The minimum atomic E-state index is -0.520. The highest BCUT2D eigenvalue weighted by Crippen LogP contribution is 2.42. The Morgan fingerprint density at radius 2 is 2.00 bits per heavy atom. The zero-order chi connectivity index (χ0) is 20.3. The van der Waals surface area contributed by atoms with Crippen molar-refractivity contribution in [1.82, 2.24) is 5.32 Å². The van der Waals surface area contributed by atoms with E-state index in [1.807, 2.05) is 37.3 Å². The van der Waals surface area contributed by atoms with Gasteiger partial charge in [0.15, 0.2) is 0 Å². The molecule has 1 unspecified atom stereocenters. The van der Waals surface area contributed by atoms with E-state index in [1.54, 1.807) is 24.3 Å². The lowest BCUT2D eigenvalue weighted by molar-refractivity contribution is -0.117. The van der Waals surface area contributed by atoms with Gasteiger partial charge in [0.2, 0.25) is 5.91 Å². The first-order valence-corrected chi connectivity index (χ1v) is 9.88. The van der Waals surface area contributed by atoms with E-state index < -0.39 is 11.2 Å². The molecule has 2 amide bonds. The summed E-state index contributed by atoms with van der Waals surface area (Å²) >= 11 is 7.21. The molecule has 1 aliphatic heterocycles. The summed E-state index contributed by atoms with van der Waals surface area (Å²) in [7, 11) is 1.46. The molecule has 0 spiro atoms. The van der Waals surface area contributed by atoms with Gasteiger partial charge >= 0.3 is 0 Å². The van der Waals surface area contributed by atoms with Gasteiger partial charge in [0.25, 0.3) is 5.91 Å². The number of amides is 2. The summed E-state index contributed by atoms with van der Waals surface area (Å²) < 4.78 is 0. The Labute approximate surface area is 173 Å². The number of carbonyl (C=O) groups excluding carboxylic acids is 2. The fourth-order valence-electron chi connectivity index (χ4n) is 2.99. The molecular weight excluding hydrogens is 394 g/mol. The summed E-state index contributed by atoms with van der Waals surface area (Å²) in [5.74, 6) is -0.687. The van der Waals surface area contributed by atoms with Gasteiger partial charge in [-0.15, -0.1) is 0 Å². The van der Waals surface area contributed by atoms with Crippen LogP contribution in [0.5, 0.6) is 0 Å². The number of aryl methyl sites for hydroxylation is 1. The SMILES string of the molecule is CNC(=O)/C(C#N)=C1\SC(Cc2cccc(C)c2)C(=O)N1c1ccc(Cl)cc1. The van der Waals surface area contributed by atoms with Crippen molar-refractivity contribution >= 4 is 40.9 Å². The highest BCUT2D eigenvalue weighted by atomic mass is 35.5. The topological polar surface area (TPSA) is 73.2 Å². The Hall–Kier alpha value is -2.75. The Morgan fingerprint density at radius 1 is 1.29 bits per heavy atom. The molecule has 1 saturated heterocycles. The Bertz CT molecular complexity index is 995. The molecule has 7 heteroatoms. The summed E-state index contributed by atoms with van der Waals surface area (Å²) in [6.45, 7) is 2.00. The molecule has 2 aromatic carbocycles. The smallest absolute Gasteiger partial charge is 0.264 e. The Balaban J connectivity index is 2.04. The number of likely N-dealkylation sites (N-methyl/N-ethyl adjacent to an activating group) is 1. The van der Waals surface area contributed by atoms with Crippen LogP contribution in [-0.4, -0.2) is 24.1 Å². The quantitative estimate of drug-likeness (QED) is 0.613. The molecule has 5 nitrogen and oxygen atoms in total. The Kier molecular flexibility index (Phi) is 6.08. The molecule has 0 aliphatic carbocycles. The minimum Gasteiger partial charge on any atom is -0.354 e. The van der Waals surface area contributed by atoms with Crippen molar-refractivity contribution in [2.24, 2.45) is 0 Å². The number of hydrogen-bond donors (Lipinski definition) is 1. The van der Waals surface area contributed by atoms with Crippen molar-refractivity contribution in [3.63, 3.8) is 0 Å². The number of halogens is 1. The molecule has 0 saturated carbocycles. The van der Waals surface area contributed by atoms with Crippen molar-refractivity contribution < 1.29 is 9.59 Å². The van der Waals surface area contributed by atoms with E-state index in [2.05, 4.69) is 5.32 Å². The number of nitriles is 1. The zero-order valence-electron chi connectivity index (χ0n) is 15.4. The number of thioether (sulfide) groups is 1. The third kappa shape index (κ3) is 4.06. The van der Waals surface area contributed by atoms with Gasteiger partial charge in [0.05, 0.1) is 5.25 Å². The number of carbonyl (C=O) groups is 2. The van der Waals surface area contributed by atoms with Crippen LogP contribution in [-0.2, 0) is 16.0 Å². The first-order valence-electron chi connectivity index (χ1n) is 8.62. The zero-order valence-corrected chi connectivity index (χ0v) is 17.0. The van der Waals surface area contributed by atoms with E-state index in [0.717, 1.165) is 11.1 Å². The van der Waals surface area contributed by atoms with Gasteiger partial charge in [0, 0.05) is 17.8 Å². The number of rotatable bonds is 4. The number of benzene rings is 2. The number of anilines is 1. The van der Waals surface area contributed by atoms with Crippen molar-refractivity contribution in [3.05, 3.63) is 75.3 Å². The van der Waals surface area contributed by atoms with Crippen LogP contribution in [0.3, 0.4) is 0 Å². The Morgan fingerprint density at radius 3 is 2.61 bits per heavy atom. The number of nitrogens with zero attached hydrogens (tertiary/aromatic N) is 2. The molecule has 0 radical (unpaired) electrons. The second-order valence-corrected chi connectivity index (χ2v) is 7.95. The predicted octanol–water partition coefficient (Wildman–Crippen LogP) is 3.82. The molecule has 1 heterocycles. The third-order valence-electron chi connectivity index (χ3n) is 4.32. The lowest BCUT2D eigenvalue weighted by atomic mass is 10.1. The second-order valence-electron chi connectivity index (χ2n) is 6.32. The van der Waals surface area contributed by atoms with Crippen LogP contribution in [0.15, 0.2) is 59.1 Å². The predicted molar refractivity (Wildman–Crippen MR) is 112 cm³/mol. The average Bonchev–Trinajstić information content (AvgIpc) is 2.99. The molecule has 1 aliphatic rings. The number of hydrogen-bond acceptors (Lipinski definition) is 4. The lowest BCUT2D eigenvalue weighted by Crippen LogP contribution is -2.31. The van der Waals surface area contributed by atoms with Crippen LogP contribution in [0.4, 0.5) is 5.69 Å². The van der Waals surface area contributed by atoms with Crippen LogP contribution in [0.2, 0.25) is 5.02 Å². The molecule has 28 heavy (non-hydrogen) atoms. The fourth-order valence-corrected chi connectivity index (χ4v) is 4.42. The van der Waals surface area contributed by atoms with Crippen molar-refractivity contribution in [2.45, 2.75) is 18.6 Å². The van der Waals surface area contributed by atoms with E-state index in [0.29, 0.717) is 22.2 Å². The van der Waals surface area contributed by atoms with Crippen LogP contribution >= 0.6 is 23.4 Å². The van der Waals surface area contributed by atoms with Crippen molar-refractivity contribution in [1.29, 1.82) is 5.26 Å². The standard InChI is InChI=1S/C21H18ClN3O2S/c1-13-4-3-5-14(10-13)11-18-20(27)25(16-8-6-15(22)7-9-16)21(28-18)17(12-23)19(26)24-2/h3-10,18H,11H2,1-2H3,(H,24,26)/b21-17-. The van der Waals surface area contributed by atoms with Crippen LogP contribution in [0, 0.1) is 18.3 Å². The molecule has 1 atom stereocenters. The maximum absolute atomic E-state index is 13.2. The van der Waals surface area contributed by atoms with E-state index in [1.165, 1.54) is 23.7 Å². The average molecular weight is 412 g/mol. The summed E-state index contributed by atoms with van der Waals surface area (Å²) in [6, 6.07) is 16.7. The van der Waals surface area contributed by atoms with Crippen LogP contribution < -0.4 is 10.2 Å². The molecule has 1 fully saturated rings. The van der Waals surface area contributed by atoms with Gasteiger partial charge in [0.1, 0.15) is 16.7 Å². The van der Waals surface area contributed by atoms with E-state index >= 15 is 0 Å². The van der Waals surface area contributed by atoms with Gasteiger partial charge in [-0.3, -0.25) is 14.5 Å². The fraction of sp³-hybridized carbons (Fsp3) is 0.190. The van der Waals surface area contributed by atoms with Gasteiger partial charge in [-0.05, 0) is 43.2 Å². The van der Waals surface area contributed by atoms with Crippen molar-refractivity contribution in [2.75, 3.05) is 11.9 Å². The summed E-state index contributed by atoms with van der Waals surface area (Å²) in [5.41, 5.74) is 2.63. The molecule has 1 N–H and O–H groups in total. The normalized spacial score (nSPS) is 18.0. The largest absolute Gasteiger partial charge is 0.354 e. The lowest BCUT2D eigenvalue weighted by Gasteiger charge is -2.18. The molecule has 3 rings (SSSR count). The molecule has 2 aromatic rings. The molecule has 0 aromatic heterocycles. The number of nitrogens with one attached hydrogen (secondary N) is 1. The first kappa shape index (κ1) is 20.0. The van der Waals surface area contributed by atoms with Gasteiger partial charge in [-0.1, -0.05) is 53.2 Å². The summed E-state index contributed by atoms with van der Waals surface area (Å²) in [6.07, 6.45) is 0.505. The monoisotopic (exact) mass is 411 g/mol. The van der Waals surface area contributed by atoms with Gasteiger partial charge in [-0.2, -0.15) is 5.26 Å². The summed E-state index contributed by atoms with van der Waals surface area (Å²) in [4.78, 5) is 26.9. The first-order chi connectivity index (χ1) is 13.4. The second kappa shape index (κ2) is 8.51. The minimum absolute atomic E-state index is 0.0810. The highest BCUT2D eigenvalue weighted by molar-refractivity contribution is 8.05. The van der Waals surface area contributed by atoms with Crippen LogP contribution in [0.25, 0.3) is 0 Å². The van der Waals surface area contributed by atoms with Crippen LogP contribution in [0.1, 0.15) is 11.1 Å². The highest BCUT2D eigenvalue weighted by Gasteiger charge is 2.40. The maximum atomic E-state index is 13.2. The van der Waals surface area contributed by atoms with E-state index in [-0.39, 0.29) is 11.5 Å². The molecule has 142 valence electrons. The van der Waals surface area contributed by atoms with Gasteiger partial charge < -0.3 is 5.32 Å². The van der Waals surface area contributed by atoms with E-state index in [9.17, 15) is 14.9 Å². The van der Waals surface area contributed by atoms with E-state index in [4.69, 9.17) is 11.6 Å². The molecular formula is C21H18ClN3O2S. The third-order valence-corrected chi connectivity index (χ3v) is 5.84. The molecule has 0 bridgehead atoms.